The fraction of sp³-hybridized carbons (Fsp3) is 0.929. The van der Waals surface area contributed by atoms with Crippen molar-refractivity contribution in [2.75, 3.05) is 26.3 Å². The third kappa shape index (κ3) is 5.83. The fourth-order valence-corrected chi connectivity index (χ4v) is 2.26. The van der Waals surface area contributed by atoms with Crippen LogP contribution in [0.1, 0.15) is 40.0 Å². The van der Waals surface area contributed by atoms with Gasteiger partial charge in [0.15, 0.2) is 0 Å². The van der Waals surface area contributed by atoms with Crippen molar-refractivity contribution in [3.8, 4) is 0 Å². The van der Waals surface area contributed by atoms with Crippen LogP contribution in [0.3, 0.4) is 0 Å². The number of hydrogen-bond acceptors (Lipinski definition) is 3. The molecule has 4 nitrogen and oxygen atoms in total. The summed E-state index contributed by atoms with van der Waals surface area (Å²) >= 11 is 0. The van der Waals surface area contributed by atoms with E-state index < -0.39 is 0 Å². The van der Waals surface area contributed by atoms with Gasteiger partial charge in [-0.25, -0.2) is 0 Å². The van der Waals surface area contributed by atoms with E-state index in [0.717, 1.165) is 19.6 Å². The van der Waals surface area contributed by atoms with Gasteiger partial charge in [0.05, 0.1) is 12.6 Å². The van der Waals surface area contributed by atoms with E-state index in [1.165, 1.54) is 12.8 Å². The predicted molar refractivity (Wildman–Crippen MR) is 73.5 cm³/mol. The largest absolute Gasteiger partial charge is 0.379 e. The average molecular weight is 256 g/mol. The number of carbonyl (C=O) groups excluding carboxylic acids is 1. The molecule has 0 aromatic heterocycles. The topological polar surface area (TPSA) is 50.4 Å². The fourth-order valence-electron chi connectivity index (χ4n) is 2.26. The molecule has 0 spiro atoms. The summed E-state index contributed by atoms with van der Waals surface area (Å²) in [5.74, 6) is 1.37. The van der Waals surface area contributed by atoms with Crippen LogP contribution in [0.2, 0.25) is 0 Å². The quantitative estimate of drug-likeness (QED) is 0.680. The molecule has 1 rings (SSSR count). The van der Waals surface area contributed by atoms with Crippen molar-refractivity contribution in [3.63, 3.8) is 0 Å². The van der Waals surface area contributed by atoms with Gasteiger partial charge in [0, 0.05) is 13.2 Å². The number of ether oxygens (including phenoxy) is 1. The van der Waals surface area contributed by atoms with E-state index in [0.29, 0.717) is 25.0 Å². The first-order chi connectivity index (χ1) is 8.63. The van der Waals surface area contributed by atoms with E-state index in [1.807, 2.05) is 0 Å². The first kappa shape index (κ1) is 15.4. The van der Waals surface area contributed by atoms with Crippen LogP contribution in [0, 0.1) is 11.8 Å². The highest BCUT2D eigenvalue weighted by atomic mass is 16.5. The molecule has 0 saturated carbocycles. The standard InChI is InChI=1S/C14H28N2O2/c1-4-12-5-6-15-13(9-12)14(17)16-7-8-18-10-11(2)3/h11-13,15H,4-10H2,1-3H3,(H,16,17). The molecular weight excluding hydrogens is 228 g/mol. The van der Waals surface area contributed by atoms with Crippen molar-refractivity contribution in [2.45, 2.75) is 46.1 Å². The maximum Gasteiger partial charge on any atom is 0.237 e. The highest BCUT2D eigenvalue weighted by molar-refractivity contribution is 5.81. The molecule has 1 aliphatic heterocycles. The van der Waals surface area contributed by atoms with Crippen LogP contribution in [0.15, 0.2) is 0 Å². The SMILES string of the molecule is CCC1CCNC(C(=O)NCCOCC(C)C)C1. The third-order valence-electron chi connectivity index (χ3n) is 3.40. The normalized spacial score (nSPS) is 24.2. The molecule has 0 bridgehead atoms. The van der Waals surface area contributed by atoms with E-state index in [9.17, 15) is 4.79 Å². The monoisotopic (exact) mass is 256 g/mol. The molecule has 1 amide bonds. The van der Waals surface area contributed by atoms with Crippen molar-refractivity contribution in [1.29, 1.82) is 0 Å². The Bertz CT molecular complexity index is 244. The Morgan fingerprint density at radius 1 is 1.50 bits per heavy atom. The Morgan fingerprint density at radius 3 is 2.94 bits per heavy atom. The zero-order valence-corrected chi connectivity index (χ0v) is 12.0. The van der Waals surface area contributed by atoms with E-state index in [-0.39, 0.29) is 11.9 Å². The highest BCUT2D eigenvalue weighted by Crippen LogP contribution is 2.19. The Labute approximate surface area is 111 Å². The third-order valence-corrected chi connectivity index (χ3v) is 3.40. The van der Waals surface area contributed by atoms with Crippen LogP contribution in [-0.2, 0) is 9.53 Å². The molecular formula is C14H28N2O2. The Hall–Kier alpha value is -0.610. The zero-order valence-electron chi connectivity index (χ0n) is 12.0. The molecule has 18 heavy (non-hydrogen) atoms. The first-order valence-electron chi connectivity index (χ1n) is 7.22. The number of rotatable bonds is 7. The summed E-state index contributed by atoms with van der Waals surface area (Å²) in [6.45, 7) is 9.37. The molecule has 2 N–H and O–H groups in total. The summed E-state index contributed by atoms with van der Waals surface area (Å²) in [4.78, 5) is 11.9. The van der Waals surface area contributed by atoms with Gasteiger partial charge >= 0.3 is 0 Å². The van der Waals surface area contributed by atoms with E-state index in [1.54, 1.807) is 0 Å². The lowest BCUT2D eigenvalue weighted by Gasteiger charge is -2.28. The smallest absolute Gasteiger partial charge is 0.237 e. The summed E-state index contributed by atoms with van der Waals surface area (Å²) in [7, 11) is 0. The van der Waals surface area contributed by atoms with Gasteiger partial charge < -0.3 is 15.4 Å². The van der Waals surface area contributed by atoms with Crippen molar-refractivity contribution in [3.05, 3.63) is 0 Å². The minimum atomic E-state index is -0.00574. The number of amides is 1. The molecule has 4 heteroatoms. The molecule has 1 fully saturated rings. The lowest BCUT2D eigenvalue weighted by molar-refractivity contribution is -0.124. The Kier molecular flexibility index (Phi) is 7.28. The lowest BCUT2D eigenvalue weighted by Crippen LogP contribution is -2.49. The molecule has 1 saturated heterocycles. The summed E-state index contributed by atoms with van der Waals surface area (Å²) in [5.41, 5.74) is 0. The van der Waals surface area contributed by atoms with Crippen molar-refractivity contribution in [2.24, 2.45) is 11.8 Å². The molecule has 2 unspecified atom stereocenters. The zero-order chi connectivity index (χ0) is 13.4. The van der Waals surface area contributed by atoms with Crippen LogP contribution >= 0.6 is 0 Å². The molecule has 0 aromatic rings. The summed E-state index contributed by atoms with van der Waals surface area (Å²) in [6, 6.07) is -0.00574. The van der Waals surface area contributed by atoms with E-state index >= 15 is 0 Å². The Morgan fingerprint density at radius 2 is 2.28 bits per heavy atom. The van der Waals surface area contributed by atoms with Crippen LogP contribution < -0.4 is 10.6 Å². The summed E-state index contributed by atoms with van der Waals surface area (Å²) in [6.07, 6.45) is 3.33. The summed E-state index contributed by atoms with van der Waals surface area (Å²) < 4.78 is 5.44. The number of piperidine rings is 1. The van der Waals surface area contributed by atoms with Gasteiger partial charge in [-0.2, -0.15) is 0 Å². The average Bonchev–Trinajstić information content (AvgIpc) is 2.37. The van der Waals surface area contributed by atoms with Gasteiger partial charge in [-0.1, -0.05) is 27.2 Å². The van der Waals surface area contributed by atoms with Crippen LogP contribution in [-0.4, -0.2) is 38.3 Å². The van der Waals surface area contributed by atoms with Crippen molar-refractivity contribution < 1.29 is 9.53 Å². The maximum absolute atomic E-state index is 11.9. The molecule has 0 aliphatic carbocycles. The predicted octanol–water partition coefficient (Wildman–Crippen LogP) is 1.55. The van der Waals surface area contributed by atoms with Crippen LogP contribution in [0.25, 0.3) is 0 Å². The van der Waals surface area contributed by atoms with Crippen molar-refractivity contribution >= 4 is 5.91 Å². The number of carbonyl (C=O) groups is 1. The number of nitrogens with one attached hydrogen (secondary N) is 2. The minimum Gasteiger partial charge on any atom is -0.379 e. The number of hydrogen-bond donors (Lipinski definition) is 2. The minimum absolute atomic E-state index is 0.00574. The highest BCUT2D eigenvalue weighted by Gasteiger charge is 2.25. The van der Waals surface area contributed by atoms with Gasteiger partial charge in [0.1, 0.15) is 0 Å². The van der Waals surface area contributed by atoms with Crippen LogP contribution in [0.4, 0.5) is 0 Å². The molecule has 1 heterocycles. The van der Waals surface area contributed by atoms with Gasteiger partial charge in [-0.3, -0.25) is 4.79 Å². The van der Waals surface area contributed by atoms with E-state index in [4.69, 9.17) is 4.74 Å². The molecule has 2 atom stereocenters. The molecule has 106 valence electrons. The van der Waals surface area contributed by atoms with Gasteiger partial charge in [-0.05, 0) is 31.2 Å². The lowest BCUT2D eigenvalue weighted by atomic mass is 9.90. The molecule has 0 aromatic carbocycles. The first-order valence-corrected chi connectivity index (χ1v) is 7.22. The molecule has 0 radical (unpaired) electrons. The second-order valence-electron chi connectivity index (χ2n) is 5.57. The summed E-state index contributed by atoms with van der Waals surface area (Å²) in [5, 5.41) is 6.23. The maximum atomic E-state index is 11.9. The second-order valence-corrected chi connectivity index (χ2v) is 5.57. The van der Waals surface area contributed by atoms with Gasteiger partial charge in [-0.15, -0.1) is 0 Å². The van der Waals surface area contributed by atoms with Gasteiger partial charge in [0.2, 0.25) is 5.91 Å². The van der Waals surface area contributed by atoms with E-state index in [2.05, 4.69) is 31.4 Å². The van der Waals surface area contributed by atoms with Gasteiger partial charge in [0.25, 0.3) is 0 Å². The Balaban J connectivity index is 2.12. The molecule has 1 aliphatic rings. The van der Waals surface area contributed by atoms with Crippen molar-refractivity contribution in [1.82, 2.24) is 10.6 Å². The van der Waals surface area contributed by atoms with Crippen LogP contribution in [0.5, 0.6) is 0 Å². The second kappa shape index (κ2) is 8.48.